The zero-order valence-corrected chi connectivity index (χ0v) is 19.2. The number of rotatable bonds is 10. The highest BCUT2D eigenvalue weighted by Gasteiger charge is 2.22. The number of benzene rings is 3. The molecule has 0 unspecified atom stereocenters. The van der Waals surface area contributed by atoms with Crippen LogP contribution in [0.4, 0.5) is 5.69 Å². The molecule has 168 valence electrons. The number of carbonyl (C=O) groups is 2. The van der Waals surface area contributed by atoms with Crippen LogP contribution >= 0.6 is 11.6 Å². The number of nitrogens with one attached hydrogen (secondary N) is 1. The van der Waals surface area contributed by atoms with E-state index in [1.165, 1.54) is 5.56 Å². The molecule has 1 aliphatic rings. The Bertz CT molecular complexity index is 1140. The second-order valence-electron chi connectivity index (χ2n) is 8.37. The number of hydrogen-bond acceptors (Lipinski definition) is 3. The summed E-state index contributed by atoms with van der Waals surface area (Å²) in [5.74, 6) is -0.183. The minimum atomic E-state index is -0.583. The standard InChI is InChI=1S/C28H27ClN2O2/c29-24-13-10-21(11-14-24)18-26(27(32)9-5-4-8-20-6-2-1-3-7-20)31-28(33)23-12-15-25-22(19-23)16-17-30-25/h1-3,6-7,10-15,17,19,26H,4-5,8-9,16,18H2,(H,31,33)/t26-/m0/s1. The van der Waals surface area contributed by atoms with Crippen molar-refractivity contribution in [1.29, 1.82) is 0 Å². The number of amides is 1. The van der Waals surface area contributed by atoms with Gasteiger partial charge >= 0.3 is 0 Å². The van der Waals surface area contributed by atoms with Crippen molar-refractivity contribution in [1.82, 2.24) is 5.32 Å². The van der Waals surface area contributed by atoms with Gasteiger partial charge in [0.1, 0.15) is 0 Å². The van der Waals surface area contributed by atoms with Crippen molar-refractivity contribution >= 4 is 35.2 Å². The average molecular weight is 459 g/mol. The van der Waals surface area contributed by atoms with Crippen LogP contribution in [-0.4, -0.2) is 23.9 Å². The van der Waals surface area contributed by atoms with Crippen LogP contribution in [0.25, 0.3) is 0 Å². The third kappa shape index (κ3) is 6.39. The van der Waals surface area contributed by atoms with Crippen LogP contribution < -0.4 is 5.32 Å². The molecule has 1 amide bonds. The van der Waals surface area contributed by atoms with E-state index in [0.717, 1.165) is 42.5 Å². The summed E-state index contributed by atoms with van der Waals surface area (Å²) in [6.45, 7) is 0. The number of aliphatic imine (C=N–C) groups is 1. The first-order valence-electron chi connectivity index (χ1n) is 11.4. The van der Waals surface area contributed by atoms with Crippen molar-refractivity contribution in [3.05, 3.63) is 100 Å². The summed E-state index contributed by atoms with van der Waals surface area (Å²) in [6, 6.07) is 22.6. The number of unbranched alkanes of at least 4 members (excludes halogenated alkanes) is 1. The third-order valence-corrected chi connectivity index (χ3v) is 6.16. The van der Waals surface area contributed by atoms with E-state index in [9.17, 15) is 9.59 Å². The molecule has 3 aromatic rings. The lowest BCUT2D eigenvalue weighted by molar-refractivity contribution is -0.121. The van der Waals surface area contributed by atoms with Crippen molar-refractivity contribution < 1.29 is 9.59 Å². The van der Waals surface area contributed by atoms with Crippen LogP contribution in [0.3, 0.4) is 0 Å². The summed E-state index contributed by atoms with van der Waals surface area (Å²) in [5.41, 5.74) is 4.72. The molecule has 1 aliphatic heterocycles. The Morgan fingerprint density at radius 3 is 2.52 bits per heavy atom. The molecule has 3 aromatic carbocycles. The Labute approximate surface area is 199 Å². The summed E-state index contributed by atoms with van der Waals surface area (Å²) in [6.07, 6.45) is 6.11. The highest BCUT2D eigenvalue weighted by molar-refractivity contribution is 6.30. The lowest BCUT2D eigenvalue weighted by Crippen LogP contribution is -2.42. The number of aryl methyl sites for hydroxylation is 1. The Morgan fingerprint density at radius 1 is 0.939 bits per heavy atom. The highest BCUT2D eigenvalue weighted by Crippen LogP contribution is 2.25. The maximum absolute atomic E-state index is 13.1. The first-order valence-corrected chi connectivity index (χ1v) is 11.7. The van der Waals surface area contributed by atoms with Gasteiger partial charge in [-0.1, -0.05) is 54.1 Å². The molecule has 0 saturated heterocycles. The van der Waals surface area contributed by atoms with Gasteiger partial charge in [-0.15, -0.1) is 0 Å². The summed E-state index contributed by atoms with van der Waals surface area (Å²) in [5, 5.41) is 3.63. The molecule has 1 heterocycles. The molecule has 0 bridgehead atoms. The topological polar surface area (TPSA) is 58.5 Å². The molecule has 5 heteroatoms. The Kier molecular flexibility index (Phi) is 7.69. The fraction of sp³-hybridized carbons (Fsp3) is 0.250. The minimum Gasteiger partial charge on any atom is -0.342 e. The van der Waals surface area contributed by atoms with Gasteiger partial charge in [-0.3, -0.25) is 14.6 Å². The number of Topliss-reactive ketones (excluding diaryl/α,β-unsaturated/α-hetero) is 1. The molecule has 0 radical (unpaired) electrons. The van der Waals surface area contributed by atoms with E-state index < -0.39 is 6.04 Å². The summed E-state index contributed by atoms with van der Waals surface area (Å²) in [7, 11) is 0. The number of hydrogen-bond donors (Lipinski definition) is 1. The highest BCUT2D eigenvalue weighted by atomic mass is 35.5. The molecule has 4 rings (SSSR count). The van der Waals surface area contributed by atoms with Gasteiger partial charge in [0.2, 0.25) is 0 Å². The summed E-state index contributed by atoms with van der Waals surface area (Å²) < 4.78 is 0. The van der Waals surface area contributed by atoms with Gasteiger partial charge in [-0.25, -0.2) is 0 Å². The molecule has 1 N–H and O–H groups in total. The molecule has 0 spiro atoms. The Morgan fingerprint density at radius 2 is 1.73 bits per heavy atom. The lowest BCUT2D eigenvalue weighted by Gasteiger charge is -2.18. The quantitative estimate of drug-likeness (QED) is 0.383. The van der Waals surface area contributed by atoms with Gasteiger partial charge in [-0.2, -0.15) is 0 Å². The van der Waals surface area contributed by atoms with Crippen molar-refractivity contribution in [2.75, 3.05) is 0 Å². The fourth-order valence-electron chi connectivity index (χ4n) is 4.05. The van der Waals surface area contributed by atoms with Crippen molar-refractivity contribution in [2.45, 2.75) is 44.6 Å². The third-order valence-electron chi connectivity index (χ3n) is 5.91. The van der Waals surface area contributed by atoms with Gasteiger partial charge in [0.15, 0.2) is 5.78 Å². The van der Waals surface area contributed by atoms with Crippen molar-refractivity contribution in [3.8, 4) is 0 Å². The minimum absolute atomic E-state index is 0.0517. The van der Waals surface area contributed by atoms with Crippen LogP contribution in [0.15, 0.2) is 77.8 Å². The first-order chi connectivity index (χ1) is 16.1. The maximum atomic E-state index is 13.1. The van der Waals surface area contributed by atoms with E-state index in [2.05, 4.69) is 22.4 Å². The Balaban J connectivity index is 1.40. The summed E-state index contributed by atoms with van der Waals surface area (Å²) in [4.78, 5) is 30.4. The SMILES string of the molecule is O=C(N[C@@H](Cc1ccc(Cl)cc1)C(=O)CCCCc1ccccc1)c1ccc2c(c1)CC=N2. The average Bonchev–Trinajstić information content (AvgIpc) is 3.31. The number of ketones is 1. The molecule has 4 nitrogen and oxygen atoms in total. The zero-order chi connectivity index (χ0) is 23.0. The fourth-order valence-corrected chi connectivity index (χ4v) is 4.17. The molecule has 1 atom stereocenters. The Hall–Kier alpha value is -3.24. The smallest absolute Gasteiger partial charge is 0.251 e. The molecule has 0 aliphatic carbocycles. The zero-order valence-electron chi connectivity index (χ0n) is 18.5. The number of carbonyl (C=O) groups excluding carboxylic acids is 2. The molecular weight excluding hydrogens is 432 g/mol. The van der Waals surface area contributed by atoms with Crippen molar-refractivity contribution in [3.63, 3.8) is 0 Å². The second-order valence-corrected chi connectivity index (χ2v) is 8.81. The van der Waals surface area contributed by atoms with E-state index in [0.29, 0.717) is 23.4 Å². The van der Waals surface area contributed by atoms with Gasteiger partial charge in [0.25, 0.3) is 5.91 Å². The van der Waals surface area contributed by atoms with Gasteiger partial charge < -0.3 is 5.32 Å². The monoisotopic (exact) mass is 458 g/mol. The molecular formula is C28H27ClN2O2. The van der Waals surface area contributed by atoms with Crippen LogP contribution in [-0.2, 0) is 24.1 Å². The van der Waals surface area contributed by atoms with Gasteiger partial charge in [-0.05, 0) is 72.7 Å². The van der Waals surface area contributed by atoms with Crippen LogP contribution in [0.5, 0.6) is 0 Å². The van der Waals surface area contributed by atoms with Crippen LogP contribution in [0.2, 0.25) is 5.02 Å². The molecule has 33 heavy (non-hydrogen) atoms. The van der Waals surface area contributed by atoms with E-state index >= 15 is 0 Å². The molecule has 0 saturated carbocycles. The van der Waals surface area contributed by atoms with E-state index in [-0.39, 0.29) is 11.7 Å². The number of nitrogens with zero attached hydrogens (tertiary/aromatic N) is 1. The van der Waals surface area contributed by atoms with Gasteiger partial charge in [0.05, 0.1) is 11.7 Å². The summed E-state index contributed by atoms with van der Waals surface area (Å²) >= 11 is 6.01. The van der Waals surface area contributed by atoms with Crippen LogP contribution in [0.1, 0.15) is 46.3 Å². The lowest BCUT2D eigenvalue weighted by atomic mass is 9.97. The molecule has 0 aromatic heterocycles. The number of fused-ring (bicyclic) bond motifs is 1. The first kappa shape index (κ1) is 22.9. The largest absolute Gasteiger partial charge is 0.342 e. The second kappa shape index (κ2) is 11.1. The predicted molar refractivity (Wildman–Crippen MR) is 134 cm³/mol. The van der Waals surface area contributed by atoms with Crippen LogP contribution in [0, 0.1) is 0 Å². The van der Waals surface area contributed by atoms with Gasteiger partial charge in [0, 0.05) is 29.6 Å². The predicted octanol–water partition coefficient (Wildman–Crippen LogP) is 5.92. The number of halogens is 1. The van der Waals surface area contributed by atoms with Crippen molar-refractivity contribution in [2.24, 2.45) is 4.99 Å². The van der Waals surface area contributed by atoms with E-state index in [1.54, 1.807) is 18.2 Å². The normalized spacial score (nSPS) is 12.9. The molecule has 0 fully saturated rings. The maximum Gasteiger partial charge on any atom is 0.251 e. The van der Waals surface area contributed by atoms with E-state index in [4.69, 9.17) is 11.6 Å². The van der Waals surface area contributed by atoms with E-state index in [1.807, 2.05) is 48.7 Å².